The second kappa shape index (κ2) is 7.87. The molecule has 0 amide bonds. The average molecular weight is 390 g/mol. The third kappa shape index (κ3) is 3.69. The van der Waals surface area contributed by atoms with Crippen LogP contribution in [0.1, 0.15) is 67.7 Å². The summed E-state index contributed by atoms with van der Waals surface area (Å²) >= 11 is 0. The van der Waals surface area contributed by atoms with Crippen LogP contribution in [0.5, 0.6) is 5.75 Å². The summed E-state index contributed by atoms with van der Waals surface area (Å²) in [4.78, 5) is 0. The van der Waals surface area contributed by atoms with Gasteiger partial charge >= 0.3 is 0 Å². The summed E-state index contributed by atoms with van der Waals surface area (Å²) in [5.41, 5.74) is 5.39. The molecule has 0 saturated carbocycles. The molecule has 0 spiro atoms. The number of allylic oxidation sites excluding steroid dienone is 2. The van der Waals surface area contributed by atoms with Crippen LogP contribution in [0.3, 0.4) is 0 Å². The van der Waals surface area contributed by atoms with Crippen molar-refractivity contribution < 1.29 is 9.47 Å². The first-order chi connectivity index (χ1) is 14.2. The number of benzene rings is 2. The molecule has 2 aromatic rings. The highest BCUT2D eigenvalue weighted by atomic mass is 16.5. The molecule has 2 aliphatic heterocycles. The highest BCUT2D eigenvalue weighted by Gasteiger charge is 2.38. The van der Waals surface area contributed by atoms with Gasteiger partial charge < -0.3 is 14.8 Å². The van der Waals surface area contributed by atoms with E-state index in [0.717, 1.165) is 31.6 Å². The van der Waals surface area contributed by atoms with Gasteiger partial charge in [0.2, 0.25) is 0 Å². The molecule has 152 valence electrons. The summed E-state index contributed by atoms with van der Waals surface area (Å²) < 4.78 is 11.8. The fourth-order valence-electron chi connectivity index (χ4n) is 5.05. The molecule has 1 N–H and O–H groups in total. The van der Waals surface area contributed by atoms with Gasteiger partial charge in [-0.15, -0.1) is 0 Å². The Balaban J connectivity index is 1.37. The largest absolute Gasteiger partial charge is 0.491 e. The monoisotopic (exact) mass is 389 g/mol. The Hall–Kier alpha value is -2.26. The lowest BCUT2D eigenvalue weighted by atomic mass is 9.77. The first kappa shape index (κ1) is 18.7. The quantitative estimate of drug-likeness (QED) is 0.618. The standard InChI is InChI=1S/C26H31NO2/c1-17(2)18-8-10-19(11-9-18)26-23-7-3-6-22(23)24-15-20(12-13-25(24)27-26)29-16-21-5-4-14-28-21/h3,6,8-13,15,17,21-23,26-27H,4-5,7,14,16H2,1-2H3. The van der Waals surface area contributed by atoms with Crippen molar-refractivity contribution in [3.8, 4) is 5.75 Å². The summed E-state index contributed by atoms with van der Waals surface area (Å²) in [6.07, 6.45) is 8.37. The molecule has 1 aliphatic carbocycles. The van der Waals surface area contributed by atoms with Gasteiger partial charge in [-0.3, -0.25) is 0 Å². The molecule has 4 atom stereocenters. The number of hydrogen-bond acceptors (Lipinski definition) is 3. The number of fused-ring (bicyclic) bond motifs is 3. The van der Waals surface area contributed by atoms with Crippen LogP contribution in [-0.2, 0) is 4.74 Å². The minimum Gasteiger partial charge on any atom is -0.491 e. The maximum atomic E-state index is 6.07. The second-order valence-corrected chi connectivity index (χ2v) is 8.99. The van der Waals surface area contributed by atoms with Crippen LogP contribution in [0, 0.1) is 5.92 Å². The number of hydrogen-bond donors (Lipinski definition) is 1. The van der Waals surface area contributed by atoms with Gasteiger partial charge in [0.05, 0.1) is 12.1 Å². The first-order valence-corrected chi connectivity index (χ1v) is 11.1. The van der Waals surface area contributed by atoms with Gasteiger partial charge in [-0.05, 0) is 66.0 Å². The first-order valence-electron chi connectivity index (χ1n) is 11.1. The SMILES string of the molecule is CC(C)c1ccc(C2Nc3ccc(OCC4CCCO4)cc3C3C=CCC32)cc1. The minimum atomic E-state index is 0.251. The zero-order valence-corrected chi connectivity index (χ0v) is 17.4. The second-order valence-electron chi connectivity index (χ2n) is 8.99. The molecule has 29 heavy (non-hydrogen) atoms. The number of rotatable bonds is 5. The minimum absolute atomic E-state index is 0.251. The lowest BCUT2D eigenvalue weighted by molar-refractivity contribution is 0.0679. The predicted octanol–water partition coefficient (Wildman–Crippen LogP) is 6.19. The van der Waals surface area contributed by atoms with E-state index in [-0.39, 0.29) is 6.10 Å². The van der Waals surface area contributed by atoms with Crippen molar-refractivity contribution >= 4 is 5.69 Å². The van der Waals surface area contributed by atoms with Crippen molar-refractivity contribution in [2.45, 2.75) is 57.1 Å². The number of anilines is 1. The molecule has 2 heterocycles. The molecule has 0 radical (unpaired) electrons. The number of ether oxygens (including phenoxy) is 2. The Morgan fingerprint density at radius 2 is 2.00 bits per heavy atom. The van der Waals surface area contributed by atoms with E-state index in [2.05, 4.69) is 73.8 Å². The maximum Gasteiger partial charge on any atom is 0.119 e. The topological polar surface area (TPSA) is 30.5 Å². The van der Waals surface area contributed by atoms with Crippen LogP contribution in [0.4, 0.5) is 5.69 Å². The Bertz CT molecular complexity index is 880. The van der Waals surface area contributed by atoms with Crippen LogP contribution < -0.4 is 10.1 Å². The molecule has 3 heteroatoms. The molecule has 1 fully saturated rings. The van der Waals surface area contributed by atoms with Crippen molar-refractivity contribution in [1.29, 1.82) is 0 Å². The van der Waals surface area contributed by atoms with Crippen molar-refractivity contribution in [2.75, 3.05) is 18.5 Å². The van der Waals surface area contributed by atoms with E-state index in [1.165, 1.54) is 22.4 Å². The zero-order chi connectivity index (χ0) is 19.8. The van der Waals surface area contributed by atoms with E-state index in [1.807, 2.05) is 0 Å². The summed E-state index contributed by atoms with van der Waals surface area (Å²) in [5, 5.41) is 3.84. The van der Waals surface area contributed by atoms with Crippen LogP contribution in [0.15, 0.2) is 54.6 Å². The predicted molar refractivity (Wildman–Crippen MR) is 118 cm³/mol. The van der Waals surface area contributed by atoms with Gasteiger partial charge in [-0.1, -0.05) is 50.3 Å². The van der Waals surface area contributed by atoms with Gasteiger partial charge in [0.25, 0.3) is 0 Å². The molecule has 0 aromatic heterocycles. The number of nitrogens with one attached hydrogen (secondary N) is 1. The molecule has 2 aromatic carbocycles. The highest BCUT2D eigenvalue weighted by Crippen LogP contribution is 2.50. The zero-order valence-electron chi connectivity index (χ0n) is 17.4. The Kier molecular flexibility index (Phi) is 5.09. The van der Waals surface area contributed by atoms with E-state index < -0.39 is 0 Å². The molecular weight excluding hydrogens is 358 g/mol. The van der Waals surface area contributed by atoms with E-state index in [4.69, 9.17) is 9.47 Å². The molecule has 4 unspecified atom stereocenters. The molecule has 5 rings (SSSR count). The van der Waals surface area contributed by atoms with E-state index in [9.17, 15) is 0 Å². The summed E-state index contributed by atoms with van der Waals surface area (Å²) in [6.45, 7) is 6.02. The van der Waals surface area contributed by atoms with Crippen molar-refractivity contribution in [2.24, 2.45) is 5.92 Å². The van der Waals surface area contributed by atoms with Crippen LogP contribution >= 0.6 is 0 Å². The smallest absolute Gasteiger partial charge is 0.119 e. The summed E-state index contributed by atoms with van der Waals surface area (Å²) in [5.74, 6) is 2.53. The van der Waals surface area contributed by atoms with Gasteiger partial charge in [0.1, 0.15) is 12.4 Å². The third-order valence-corrected chi connectivity index (χ3v) is 6.76. The van der Waals surface area contributed by atoms with Gasteiger partial charge in [-0.2, -0.15) is 0 Å². The van der Waals surface area contributed by atoms with E-state index in [0.29, 0.717) is 30.4 Å². The van der Waals surface area contributed by atoms with Gasteiger partial charge in [0, 0.05) is 18.2 Å². The Morgan fingerprint density at radius 3 is 2.76 bits per heavy atom. The van der Waals surface area contributed by atoms with E-state index >= 15 is 0 Å². The lowest BCUT2D eigenvalue weighted by Gasteiger charge is -2.37. The molecular formula is C26H31NO2. The van der Waals surface area contributed by atoms with E-state index in [1.54, 1.807) is 0 Å². The fourth-order valence-corrected chi connectivity index (χ4v) is 5.05. The molecule has 1 saturated heterocycles. The summed E-state index contributed by atoms with van der Waals surface area (Å²) in [6, 6.07) is 16.1. The third-order valence-electron chi connectivity index (χ3n) is 6.76. The van der Waals surface area contributed by atoms with Gasteiger partial charge in [-0.25, -0.2) is 0 Å². The summed E-state index contributed by atoms with van der Waals surface area (Å²) in [7, 11) is 0. The van der Waals surface area contributed by atoms with Crippen molar-refractivity contribution in [3.63, 3.8) is 0 Å². The van der Waals surface area contributed by atoms with Crippen LogP contribution in [0.2, 0.25) is 0 Å². The normalized spacial score (nSPS) is 27.6. The average Bonchev–Trinajstić information content (AvgIpc) is 3.44. The highest BCUT2D eigenvalue weighted by molar-refractivity contribution is 5.61. The molecule has 3 aliphatic rings. The van der Waals surface area contributed by atoms with Crippen LogP contribution in [0.25, 0.3) is 0 Å². The van der Waals surface area contributed by atoms with Gasteiger partial charge in [0.15, 0.2) is 0 Å². The molecule has 3 nitrogen and oxygen atoms in total. The van der Waals surface area contributed by atoms with Crippen LogP contribution in [-0.4, -0.2) is 19.3 Å². The van der Waals surface area contributed by atoms with Crippen molar-refractivity contribution in [1.82, 2.24) is 0 Å². The Morgan fingerprint density at radius 1 is 1.14 bits per heavy atom. The molecule has 0 bridgehead atoms. The Labute approximate surface area is 174 Å². The van der Waals surface area contributed by atoms with Crippen molar-refractivity contribution in [3.05, 3.63) is 71.3 Å². The fraction of sp³-hybridized carbons (Fsp3) is 0.462. The lowest BCUT2D eigenvalue weighted by Crippen LogP contribution is -2.29. The maximum absolute atomic E-state index is 6.07.